The van der Waals surface area contributed by atoms with Crippen LogP contribution in [0.2, 0.25) is 0 Å². The van der Waals surface area contributed by atoms with Gasteiger partial charge in [0, 0.05) is 35.6 Å². The second kappa shape index (κ2) is 9.87. The van der Waals surface area contributed by atoms with Crippen molar-refractivity contribution in [2.45, 2.75) is 0 Å². The summed E-state index contributed by atoms with van der Waals surface area (Å²) in [6.45, 7) is 0. The van der Waals surface area contributed by atoms with E-state index in [4.69, 9.17) is 19.6 Å². The van der Waals surface area contributed by atoms with Crippen molar-refractivity contribution in [2.75, 3.05) is 0 Å². The quantitative estimate of drug-likeness (QED) is 0.314. The smallest absolute Gasteiger partial charge is 0.344 e. The van der Waals surface area contributed by atoms with Crippen LogP contribution in [-0.2, 0) is 13.4 Å². The summed E-state index contributed by atoms with van der Waals surface area (Å²) in [5.41, 5.74) is 0. The van der Waals surface area contributed by atoms with Gasteiger partial charge in [-0.3, -0.25) is 0 Å². The summed E-state index contributed by atoms with van der Waals surface area (Å²) >= 11 is 0. The molecule has 0 aromatic carbocycles. The average Bonchev–Trinajstić information content (AvgIpc) is 1.14. The molecular formula is H13LaN3O7P2. The van der Waals surface area contributed by atoms with E-state index in [0.717, 1.165) is 0 Å². The average molecular weight is 368 g/mol. The van der Waals surface area contributed by atoms with Gasteiger partial charge in [-0.25, -0.2) is 9.13 Å². The van der Waals surface area contributed by atoms with Gasteiger partial charge in [0.1, 0.15) is 0 Å². The molecule has 13 heavy (non-hydrogen) atoms. The Labute approximate surface area is 102 Å². The van der Waals surface area contributed by atoms with Gasteiger partial charge >= 0.3 is 15.6 Å². The molecule has 0 saturated heterocycles. The molecule has 0 aromatic heterocycles. The molecule has 0 heterocycles. The first-order chi connectivity index (χ1) is 3.71. The van der Waals surface area contributed by atoms with Gasteiger partial charge < -0.3 is 38.0 Å². The zero-order valence-corrected chi connectivity index (χ0v) is 12.0. The maximum absolute atomic E-state index is 9.63. The molecule has 13 N–H and O–H groups in total. The Morgan fingerprint density at radius 3 is 0.923 bits per heavy atom. The minimum absolute atomic E-state index is 0. The molecule has 0 bridgehead atoms. The van der Waals surface area contributed by atoms with Crippen LogP contribution < -0.4 is 18.5 Å². The van der Waals surface area contributed by atoms with Crippen LogP contribution >= 0.6 is 15.6 Å². The second-order valence-corrected chi connectivity index (χ2v) is 3.68. The third-order valence-electron chi connectivity index (χ3n) is 0.213. The molecule has 0 aliphatic rings. The molecule has 0 fully saturated rings. The van der Waals surface area contributed by atoms with Crippen molar-refractivity contribution >= 4 is 15.6 Å². The van der Waals surface area contributed by atoms with Crippen LogP contribution in [0.25, 0.3) is 0 Å². The van der Waals surface area contributed by atoms with Crippen LogP contribution in [0.15, 0.2) is 0 Å². The van der Waals surface area contributed by atoms with Crippen molar-refractivity contribution in [3.8, 4) is 0 Å². The van der Waals surface area contributed by atoms with Gasteiger partial charge in [0.2, 0.25) is 0 Å². The normalized spacial score (nSPS) is 9.54. The van der Waals surface area contributed by atoms with E-state index in [1.165, 1.54) is 0 Å². The predicted molar refractivity (Wildman–Crippen MR) is 40.2 cm³/mol. The zero-order chi connectivity index (χ0) is 7.71. The van der Waals surface area contributed by atoms with Crippen molar-refractivity contribution in [2.24, 2.45) is 0 Å². The molecule has 0 atom stereocenters. The molecule has 1 radical (unpaired) electrons. The molecule has 83 valence electrons. The van der Waals surface area contributed by atoms with Crippen molar-refractivity contribution in [1.29, 1.82) is 0 Å². The molecule has 0 saturated carbocycles. The van der Waals surface area contributed by atoms with Gasteiger partial charge in [0.15, 0.2) is 0 Å². The van der Waals surface area contributed by atoms with Crippen LogP contribution in [0, 0.1) is 35.6 Å². The fraction of sp³-hybridized carbons (Fsp3) is 0. The largest absolute Gasteiger partial charge is 0.478 e. The van der Waals surface area contributed by atoms with Gasteiger partial charge in [-0.05, 0) is 0 Å². The van der Waals surface area contributed by atoms with Crippen LogP contribution in [0.3, 0.4) is 0 Å². The maximum Gasteiger partial charge on any atom is 0.478 e. The summed E-state index contributed by atoms with van der Waals surface area (Å²) in [6, 6.07) is 0. The number of hydrogen-bond donors (Lipinski definition) is 7. The Balaban J connectivity index is -0.0000000533. The van der Waals surface area contributed by atoms with Crippen LogP contribution in [0.5, 0.6) is 0 Å². The molecule has 10 nitrogen and oxygen atoms in total. The third kappa shape index (κ3) is 31.8. The van der Waals surface area contributed by atoms with E-state index in [0.29, 0.717) is 0 Å². The first-order valence-electron chi connectivity index (χ1n) is 1.53. The van der Waals surface area contributed by atoms with Crippen molar-refractivity contribution in [3.05, 3.63) is 0 Å². The standard InChI is InChI=1S/La.3H3N.H4O7P2/c;;;;1-8(2,3)7-9(4,5)6/h;3*1H3;(H2,1,2,3)(H2,4,5,6). The molecule has 0 amide bonds. The van der Waals surface area contributed by atoms with Gasteiger partial charge in [-0.1, -0.05) is 0 Å². The molecule has 0 aliphatic carbocycles. The first-order valence-corrected chi connectivity index (χ1v) is 4.59. The van der Waals surface area contributed by atoms with Crippen molar-refractivity contribution in [3.63, 3.8) is 0 Å². The van der Waals surface area contributed by atoms with E-state index in [2.05, 4.69) is 4.31 Å². The van der Waals surface area contributed by atoms with E-state index in [1.807, 2.05) is 0 Å². The van der Waals surface area contributed by atoms with Crippen molar-refractivity contribution < 1.29 is 68.6 Å². The zero-order valence-electron chi connectivity index (χ0n) is 6.61. The Morgan fingerprint density at radius 2 is 0.923 bits per heavy atom. The van der Waals surface area contributed by atoms with Crippen LogP contribution in [0.4, 0.5) is 0 Å². The van der Waals surface area contributed by atoms with E-state index >= 15 is 0 Å². The maximum atomic E-state index is 9.63. The monoisotopic (exact) mass is 368 g/mol. The molecule has 0 aromatic rings. The minimum atomic E-state index is -5.05. The minimum Gasteiger partial charge on any atom is -0.344 e. The summed E-state index contributed by atoms with van der Waals surface area (Å²) in [5, 5.41) is 0. The van der Waals surface area contributed by atoms with Gasteiger partial charge in [0.05, 0.1) is 0 Å². The molecule has 0 aliphatic heterocycles. The first kappa shape index (κ1) is 29.3. The van der Waals surface area contributed by atoms with E-state index in [-0.39, 0.29) is 54.1 Å². The van der Waals surface area contributed by atoms with Gasteiger partial charge in [-0.15, -0.1) is 0 Å². The van der Waals surface area contributed by atoms with Gasteiger partial charge in [-0.2, -0.15) is 4.31 Å². The molecule has 0 spiro atoms. The third-order valence-corrected chi connectivity index (χ3v) is 1.91. The summed E-state index contributed by atoms with van der Waals surface area (Å²) < 4.78 is 22.2. The number of rotatable bonds is 2. The molecular weight excluding hydrogens is 355 g/mol. The summed E-state index contributed by atoms with van der Waals surface area (Å²) in [6.07, 6.45) is 0. The topological polar surface area (TPSA) is 229 Å². The predicted octanol–water partition coefficient (Wildman–Crippen LogP) is -0.326. The van der Waals surface area contributed by atoms with E-state index < -0.39 is 15.6 Å². The Hall–Kier alpha value is 1.33. The van der Waals surface area contributed by atoms with Gasteiger partial charge in [0.25, 0.3) is 0 Å². The van der Waals surface area contributed by atoms with Crippen molar-refractivity contribution in [1.82, 2.24) is 18.5 Å². The fourth-order valence-electron chi connectivity index (χ4n) is 0.139. The second-order valence-electron chi connectivity index (χ2n) is 1.06. The molecule has 0 rings (SSSR count). The molecule has 13 heteroatoms. The fourth-order valence-corrected chi connectivity index (χ4v) is 1.25. The summed E-state index contributed by atoms with van der Waals surface area (Å²) in [7, 11) is -10.1. The number of hydrogen-bond acceptors (Lipinski definition) is 6. The Morgan fingerprint density at radius 1 is 0.769 bits per heavy atom. The molecule has 0 unspecified atom stereocenters. The SMILES string of the molecule is N.N.N.O=P(O)(O)OP(=O)(O)O.[La]. The summed E-state index contributed by atoms with van der Waals surface area (Å²) in [4.78, 5) is 31.0. The van der Waals surface area contributed by atoms with Crippen LogP contribution in [-0.4, -0.2) is 19.6 Å². The Bertz CT molecular complexity index is 162. The van der Waals surface area contributed by atoms with E-state index in [1.54, 1.807) is 0 Å². The Kier molecular flexibility index (Phi) is 22.2. The van der Waals surface area contributed by atoms with E-state index in [9.17, 15) is 9.13 Å². The summed E-state index contributed by atoms with van der Waals surface area (Å²) in [5.74, 6) is 0. The van der Waals surface area contributed by atoms with Crippen LogP contribution in [0.1, 0.15) is 0 Å². The number of phosphoric acid groups is 2.